The van der Waals surface area contributed by atoms with Gasteiger partial charge in [-0.15, -0.1) is 0 Å². The fourth-order valence-electron chi connectivity index (χ4n) is 2.06. The minimum absolute atomic E-state index is 0.0284. The van der Waals surface area contributed by atoms with Crippen molar-refractivity contribution in [3.63, 3.8) is 0 Å². The smallest absolute Gasteiger partial charge is 0.356 e. The van der Waals surface area contributed by atoms with Gasteiger partial charge in [0.1, 0.15) is 6.61 Å². The van der Waals surface area contributed by atoms with Crippen LogP contribution in [0.1, 0.15) is 16.3 Å². The van der Waals surface area contributed by atoms with Gasteiger partial charge >= 0.3 is 5.97 Å². The third-order valence-electron chi connectivity index (χ3n) is 3.02. The Hall–Kier alpha value is -2.89. The lowest BCUT2D eigenvalue weighted by atomic mass is 10.3. The number of para-hydroxylation sites is 1. The molecular formula is C15H11FN2O3. The topological polar surface area (TPSA) is 63.8 Å². The second-order valence-corrected chi connectivity index (χ2v) is 4.36. The van der Waals surface area contributed by atoms with Gasteiger partial charge in [-0.25, -0.2) is 14.2 Å². The molecule has 3 rings (SSSR count). The minimum atomic E-state index is -1.11. The number of ether oxygens (including phenoxy) is 1. The second kappa shape index (κ2) is 5.24. The number of carbonyl (C=O) groups is 1. The van der Waals surface area contributed by atoms with Crippen LogP contribution in [-0.2, 0) is 6.61 Å². The summed E-state index contributed by atoms with van der Waals surface area (Å²) in [7, 11) is 0. The average Bonchev–Trinajstić information content (AvgIpc) is 2.86. The molecule has 5 nitrogen and oxygen atoms in total. The maximum absolute atomic E-state index is 13.5. The zero-order valence-electron chi connectivity index (χ0n) is 10.9. The van der Waals surface area contributed by atoms with Gasteiger partial charge < -0.3 is 9.84 Å². The SMILES string of the molecule is O=C(O)c1nc(COc2ccccc2F)n2ccccc12. The molecule has 1 N–H and O–H groups in total. The normalized spacial score (nSPS) is 10.7. The molecule has 106 valence electrons. The van der Waals surface area contributed by atoms with Crippen LogP contribution in [0.25, 0.3) is 5.52 Å². The lowest BCUT2D eigenvalue weighted by molar-refractivity contribution is 0.0693. The molecule has 0 aliphatic rings. The molecule has 0 atom stereocenters. The summed E-state index contributed by atoms with van der Waals surface area (Å²) in [6.45, 7) is -0.0284. The molecule has 3 aromatic rings. The van der Waals surface area contributed by atoms with Crippen molar-refractivity contribution >= 4 is 11.5 Å². The van der Waals surface area contributed by atoms with Crippen LogP contribution in [0.15, 0.2) is 48.7 Å². The van der Waals surface area contributed by atoms with Crippen LogP contribution in [0.3, 0.4) is 0 Å². The summed E-state index contributed by atoms with van der Waals surface area (Å²) in [5.41, 5.74) is 0.417. The van der Waals surface area contributed by atoms with Gasteiger partial charge in [-0.05, 0) is 24.3 Å². The third-order valence-corrected chi connectivity index (χ3v) is 3.02. The Balaban J connectivity index is 1.94. The molecule has 0 bridgehead atoms. The number of benzene rings is 1. The average molecular weight is 286 g/mol. The Morgan fingerprint density at radius 1 is 1.24 bits per heavy atom. The van der Waals surface area contributed by atoms with Crippen LogP contribution >= 0.6 is 0 Å². The number of pyridine rings is 1. The molecule has 6 heteroatoms. The van der Waals surface area contributed by atoms with E-state index in [4.69, 9.17) is 9.84 Å². The minimum Gasteiger partial charge on any atom is -0.483 e. The summed E-state index contributed by atoms with van der Waals surface area (Å²) in [6.07, 6.45) is 1.69. The van der Waals surface area contributed by atoms with E-state index >= 15 is 0 Å². The van der Waals surface area contributed by atoms with Crippen molar-refractivity contribution < 1.29 is 19.0 Å². The van der Waals surface area contributed by atoms with Crippen LogP contribution in [0.4, 0.5) is 4.39 Å². The van der Waals surface area contributed by atoms with Crippen molar-refractivity contribution in [1.82, 2.24) is 9.38 Å². The first-order chi connectivity index (χ1) is 10.2. The Bertz CT molecular complexity index is 814. The predicted molar refractivity (Wildman–Crippen MR) is 72.9 cm³/mol. The first kappa shape index (κ1) is 13.1. The number of carboxylic acids is 1. The van der Waals surface area contributed by atoms with Gasteiger partial charge in [0, 0.05) is 6.20 Å². The van der Waals surface area contributed by atoms with Crippen molar-refractivity contribution in [2.75, 3.05) is 0 Å². The molecule has 2 aromatic heterocycles. The quantitative estimate of drug-likeness (QED) is 0.801. The lowest BCUT2D eigenvalue weighted by Crippen LogP contribution is -2.02. The predicted octanol–water partition coefficient (Wildman–Crippen LogP) is 2.75. The van der Waals surface area contributed by atoms with E-state index in [1.165, 1.54) is 12.1 Å². The maximum atomic E-state index is 13.5. The van der Waals surface area contributed by atoms with Crippen molar-refractivity contribution in [2.45, 2.75) is 6.61 Å². The Morgan fingerprint density at radius 2 is 2.00 bits per heavy atom. The molecular weight excluding hydrogens is 275 g/mol. The largest absolute Gasteiger partial charge is 0.483 e. The molecule has 0 aliphatic carbocycles. The highest BCUT2D eigenvalue weighted by atomic mass is 19.1. The van der Waals surface area contributed by atoms with Crippen LogP contribution in [-0.4, -0.2) is 20.5 Å². The molecule has 0 radical (unpaired) electrons. The van der Waals surface area contributed by atoms with Gasteiger partial charge in [0.2, 0.25) is 0 Å². The number of halogens is 1. The summed E-state index contributed by atoms with van der Waals surface area (Å²) in [6, 6.07) is 11.2. The molecule has 0 aliphatic heterocycles. The number of aromatic carboxylic acids is 1. The van der Waals surface area contributed by atoms with E-state index in [-0.39, 0.29) is 18.1 Å². The highest BCUT2D eigenvalue weighted by molar-refractivity contribution is 5.93. The number of hydrogen-bond donors (Lipinski definition) is 1. The molecule has 0 saturated heterocycles. The summed E-state index contributed by atoms with van der Waals surface area (Å²) < 4.78 is 20.5. The van der Waals surface area contributed by atoms with Crippen molar-refractivity contribution in [2.24, 2.45) is 0 Å². The van der Waals surface area contributed by atoms with E-state index in [9.17, 15) is 9.18 Å². The maximum Gasteiger partial charge on any atom is 0.356 e. The standard InChI is InChI=1S/C15H11FN2O3/c16-10-5-1-2-7-12(10)21-9-13-17-14(15(19)20)11-6-3-4-8-18(11)13/h1-8H,9H2,(H,19,20). The number of imidazole rings is 1. The fraction of sp³-hybridized carbons (Fsp3) is 0.0667. The monoisotopic (exact) mass is 286 g/mol. The van der Waals surface area contributed by atoms with Gasteiger partial charge in [0.15, 0.2) is 23.1 Å². The lowest BCUT2D eigenvalue weighted by Gasteiger charge is -2.06. The summed E-state index contributed by atoms with van der Waals surface area (Å²) in [5, 5.41) is 9.15. The molecule has 2 heterocycles. The van der Waals surface area contributed by atoms with Gasteiger partial charge in [-0.3, -0.25) is 4.40 Å². The number of nitrogens with zero attached hydrogens (tertiary/aromatic N) is 2. The van der Waals surface area contributed by atoms with E-state index in [1.807, 2.05) is 0 Å². The zero-order chi connectivity index (χ0) is 14.8. The fourth-order valence-corrected chi connectivity index (χ4v) is 2.06. The van der Waals surface area contributed by atoms with Crippen LogP contribution in [0.2, 0.25) is 0 Å². The molecule has 0 saturated carbocycles. The highest BCUT2D eigenvalue weighted by Crippen LogP contribution is 2.18. The number of fused-ring (bicyclic) bond motifs is 1. The number of carboxylic acid groups (broad SMARTS) is 1. The van der Waals surface area contributed by atoms with Crippen molar-refractivity contribution in [3.05, 3.63) is 66.0 Å². The Morgan fingerprint density at radius 3 is 2.76 bits per heavy atom. The van der Waals surface area contributed by atoms with Gasteiger partial charge in [0.05, 0.1) is 5.52 Å². The van der Waals surface area contributed by atoms with Crippen LogP contribution in [0, 0.1) is 5.82 Å². The Kier molecular flexibility index (Phi) is 3.27. The first-order valence-corrected chi connectivity index (χ1v) is 6.23. The number of hydrogen-bond acceptors (Lipinski definition) is 3. The van der Waals surface area contributed by atoms with Gasteiger partial charge in [0.25, 0.3) is 0 Å². The molecule has 21 heavy (non-hydrogen) atoms. The third kappa shape index (κ3) is 2.43. The summed E-state index contributed by atoms with van der Waals surface area (Å²) >= 11 is 0. The van der Waals surface area contributed by atoms with Crippen LogP contribution < -0.4 is 4.74 Å². The first-order valence-electron chi connectivity index (χ1n) is 6.23. The molecule has 0 spiro atoms. The van der Waals surface area contributed by atoms with Crippen molar-refractivity contribution in [3.8, 4) is 5.75 Å². The van der Waals surface area contributed by atoms with E-state index < -0.39 is 11.8 Å². The molecule has 0 amide bonds. The van der Waals surface area contributed by atoms with Crippen LogP contribution in [0.5, 0.6) is 5.75 Å². The Labute approximate surface area is 119 Å². The number of aromatic nitrogens is 2. The van der Waals surface area contributed by atoms with Gasteiger partial charge in [-0.1, -0.05) is 18.2 Å². The number of rotatable bonds is 4. The second-order valence-electron chi connectivity index (χ2n) is 4.36. The molecule has 1 aromatic carbocycles. The summed E-state index contributed by atoms with van der Waals surface area (Å²) in [4.78, 5) is 15.2. The summed E-state index contributed by atoms with van der Waals surface area (Å²) in [5.74, 6) is -1.10. The highest BCUT2D eigenvalue weighted by Gasteiger charge is 2.16. The van der Waals surface area contributed by atoms with E-state index in [2.05, 4.69) is 4.98 Å². The van der Waals surface area contributed by atoms with E-state index in [0.29, 0.717) is 11.3 Å². The molecule has 0 unspecified atom stereocenters. The van der Waals surface area contributed by atoms with E-state index in [1.54, 1.807) is 40.9 Å². The molecule has 0 fully saturated rings. The van der Waals surface area contributed by atoms with Crippen molar-refractivity contribution in [1.29, 1.82) is 0 Å². The van der Waals surface area contributed by atoms with Gasteiger partial charge in [-0.2, -0.15) is 0 Å². The van der Waals surface area contributed by atoms with E-state index in [0.717, 1.165) is 0 Å². The zero-order valence-corrected chi connectivity index (χ0v) is 10.9.